The van der Waals surface area contributed by atoms with Gasteiger partial charge in [-0.05, 0) is 30.5 Å². The van der Waals surface area contributed by atoms with Crippen LogP contribution in [0.4, 0.5) is 0 Å². The van der Waals surface area contributed by atoms with Crippen LogP contribution < -0.4 is 0 Å². The van der Waals surface area contributed by atoms with Gasteiger partial charge in [-0.15, -0.1) is 0 Å². The molecule has 0 heterocycles. The molecule has 0 rings (SSSR count). The zero-order valence-corrected chi connectivity index (χ0v) is 22.0. The van der Waals surface area contributed by atoms with Crippen LogP contribution in [0.1, 0.15) is 137 Å². The van der Waals surface area contributed by atoms with Gasteiger partial charge in [-0.2, -0.15) is 0 Å². The Kier molecular flexibility index (Phi) is 17.0. The minimum absolute atomic E-state index is 0.335. The highest BCUT2D eigenvalue weighted by Crippen LogP contribution is 2.36. The summed E-state index contributed by atoms with van der Waals surface area (Å²) >= 11 is 0. The van der Waals surface area contributed by atoms with E-state index in [-0.39, 0.29) is 0 Å². The first kappa shape index (κ1) is 28.2. The molecule has 28 heavy (non-hydrogen) atoms. The lowest BCUT2D eigenvalue weighted by molar-refractivity contribution is 0.228. The van der Waals surface area contributed by atoms with Crippen LogP contribution in [0.2, 0.25) is 18.1 Å². The molecule has 0 N–H and O–H groups in total. The fourth-order valence-electron chi connectivity index (χ4n) is 3.51. The third-order valence-corrected chi connectivity index (χ3v) is 11.3. The zero-order chi connectivity index (χ0) is 21.3. The SMILES string of the molecule is CCCCCCCCCCCCCCCCCC(C)CO[Si](C)(C)C(C)(C)C. The smallest absolute Gasteiger partial charge is 0.191 e. The summed E-state index contributed by atoms with van der Waals surface area (Å²) in [6, 6.07) is 0. The Morgan fingerprint density at radius 1 is 0.643 bits per heavy atom. The quantitative estimate of drug-likeness (QED) is 0.151. The van der Waals surface area contributed by atoms with Gasteiger partial charge in [0.05, 0.1) is 0 Å². The van der Waals surface area contributed by atoms with Gasteiger partial charge in [0.1, 0.15) is 0 Å². The highest BCUT2D eigenvalue weighted by atomic mass is 28.4. The van der Waals surface area contributed by atoms with Crippen LogP contribution in [0, 0.1) is 5.92 Å². The molecule has 0 aliphatic heterocycles. The lowest BCUT2D eigenvalue weighted by atomic mass is 10.0. The molecule has 1 atom stereocenters. The highest BCUT2D eigenvalue weighted by molar-refractivity contribution is 6.74. The summed E-state index contributed by atoms with van der Waals surface area (Å²) in [7, 11) is -1.56. The summed E-state index contributed by atoms with van der Waals surface area (Å²) in [5, 5.41) is 0.335. The zero-order valence-electron chi connectivity index (χ0n) is 21.0. The van der Waals surface area contributed by atoms with Gasteiger partial charge in [0.25, 0.3) is 0 Å². The number of hydrogen-bond acceptors (Lipinski definition) is 1. The molecule has 0 spiro atoms. The average Bonchev–Trinajstić information content (AvgIpc) is 2.62. The van der Waals surface area contributed by atoms with Gasteiger partial charge in [-0.3, -0.25) is 0 Å². The topological polar surface area (TPSA) is 9.23 Å². The minimum atomic E-state index is -1.56. The second-order valence-electron chi connectivity index (χ2n) is 10.9. The van der Waals surface area contributed by atoms with Crippen LogP contribution in [-0.4, -0.2) is 14.9 Å². The van der Waals surface area contributed by atoms with Crippen LogP contribution in [0.25, 0.3) is 0 Å². The van der Waals surface area contributed by atoms with E-state index in [0.717, 1.165) is 12.5 Å². The van der Waals surface area contributed by atoms with Gasteiger partial charge >= 0.3 is 0 Å². The largest absolute Gasteiger partial charge is 0.417 e. The maximum absolute atomic E-state index is 6.37. The summed E-state index contributed by atoms with van der Waals surface area (Å²) in [5.74, 6) is 0.719. The lowest BCUT2D eigenvalue weighted by Crippen LogP contribution is -2.41. The molecule has 1 unspecified atom stereocenters. The van der Waals surface area contributed by atoms with Crippen molar-refractivity contribution in [1.82, 2.24) is 0 Å². The molecule has 0 amide bonds. The fraction of sp³-hybridized carbons (Fsp3) is 1.00. The van der Waals surface area contributed by atoms with Gasteiger partial charge in [0.15, 0.2) is 8.32 Å². The van der Waals surface area contributed by atoms with Crippen LogP contribution in [0.3, 0.4) is 0 Å². The molecular formula is C26H56OSi. The van der Waals surface area contributed by atoms with E-state index in [4.69, 9.17) is 4.43 Å². The Morgan fingerprint density at radius 3 is 1.36 bits per heavy atom. The molecule has 0 aromatic carbocycles. The predicted octanol–water partition coefficient (Wildman–Crippen LogP) is 9.91. The van der Waals surface area contributed by atoms with E-state index in [1.54, 1.807) is 0 Å². The van der Waals surface area contributed by atoms with Crippen molar-refractivity contribution in [2.24, 2.45) is 5.92 Å². The van der Waals surface area contributed by atoms with Gasteiger partial charge in [-0.1, -0.05) is 131 Å². The molecule has 0 saturated heterocycles. The molecule has 0 bridgehead atoms. The molecule has 170 valence electrons. The molecule has 0 aliphatic rings. The van der Waals surface area contributed by atoms with Crippen LogP contribution in [-0.2, 0) is 4.43 Å². The Hall–Kier alpha value is 0.177. The Bertz CT molecular complexity index is 332. The molecule has 0 aliphatic carbocycles. The van der Waals surface area contributed by atoms with E-state index >= 15 is 0 Å². The Morgan fingerprint density at radius 2 is 1.00 bits per heavy atom. The average molecular weight is 413 g/mol. The molecule has 0 aromatic rings. The summed E-state index contributed by atoms with van der Waals surface area (Å²) in [6.45, 7) is 17.4. The second-order valence-corrected chi connectivity index (χ2v) is 15.7. The molecule has 0 saturated carbocycles. The predicted molar refractivity (Wildman–Crippen MR) is 132 cm³/mol. The molecule has 0 radical (unpaired) electrons. The van der Waals surface area contributed by atoms with Crippen LogP contribution in [0.15, 0.2) is 0 Å². The monoisotopic (exact) mass is 412 g/mol. The first-order chi connectivity index (χ1) is 13.2. The van der Waals surface area contributed by atoms with Crippen molar-refractivity contribution >= 4 is 8.32 Å². The Labute approximate surface area is 180 Å². The highest BCUT2D eigenvalue weighted by Gasteiger charge is 2.37. The summed E-state index contributed by atoms with van der Waals surface area (Å²) < 4.78 is 6.37. The van der Waals surface area contributed by atoms with E-state index in [0.29, 0.717) is 5.04 Å². The van der Waals surface area contributed by atoms with Crippen molar-refractivity contribution in [3.05, 3.63) is 0 Å². The molecular weight excluding hydrogens is 356 g/mol. The first-order valence-electron chi connectivity index (χ1n) is 12.8. The first-order valence-corrected chi connectivity index (χ1v) is 15.8. The van der Waals surface area contributed by atoms with Gasteiger partial charge < -0.3 is 4.43 Å². The maximum Gasteiger partial charge on any atom is 0.191 e. The van der Waals surface area contributed by atoms with Crippen molar-refractivity contribution in [3.8, 4) is 0 Å². The van der Waals surface area contributed by atoms with E-state index in [1.807, 2.05) is 0 Å². The van der Waals surface area contributed by atoms with Crippen molar-refractivity contribution < 1.29 is 4.43 Å². The molecule has 0 fully saturated rings. The summed E-state index contributed by atoms with van der Waals surface area (Å²) in [4.78, 5) is 0. The standard InChI is InChI=1S/C26H56OSi/c1-8-9-10-11-12-13-14-15-16-17-18-19-20-21-22-23-25(2)24-27-28(6,7)26(3,4)5/h25H,8-24H2,1-7H3. The third-order valence-electron chi connectivity index (χ3n) is 6.84. The molecule has 2 heteroatoms. The van der Waals surface area contributed by atoms with Gasteiger partial charge in [0.2, 0.25) is 0 Å². The lowest BCUT2D eigenvalue weighted by Gasteiger charge is -2.37. The number of hydrogen-bond donors (Lipinski definition) is 0. The number of unbranched alkanes of at least 4 members (excludes halogenated alkanes) is 14. The third kappa shape index (κ3) is 16.0. The van der Waals surface area contributed by atoms with Crippen LogP contribution in [0.5, 0.6) is 0 Å². The van der Waals surface area contributed by atoms with E-state index < -0.39 is 8.32 Å². The number of rotatable bonds is 19. The maximum atomic E-state index is 6.37. The van der Waals surface area contributed by atoms with E-state index in [1.165, 1.54) is 103 Å². The minimum Gasteiger partial charge on any atom is -0.417 e. The van der Waals surface area contributed by atoms with E-state index in [2.05, 4.69) is 47.7 Å². The Balaban J connectivity index is 3.35. The molecule has 1 nitrogen and oxygen atoms in total. The van der Waals surface area contributed by atoms with Crippen molar-refractivity contribution in [2.45, 2.75) is 155 Å². The van der Waals surface area contributed by atoms with Gasteiger partial charge in [0, 0.05) is 6.61 Å². The summed E-state index contributed by atoms with van der Waals surface area (Å²) in [6.07, 6.45) is 23.0. The normalized spacial score (nSPS) is 13.8. The van der Waals surface area contributed by atoms with E-state index in [9.17, 15) is 0 Å². The van der Waals surface area contributed by atoms with Crippen molar-refractivity contribution in [3.63, 3.8) is 0 Å². The molecule has 0 aromatic heterocycles. The summed E-state index contributed by atoms with van der Waals surface area (Å²) in [5.41, 5.74) is 0. The van der Waals surface area contributed by atoms with Crippen LogP contribution >= 0.6 is 0 Å². The second kappa shape index (κ2) is 16.9. The van der Waals surface area contributed by atoms with Gasteiger partial charge in [-0.25, -0.2) is 0 Å². The van der Waals surface area contributed by atoms with Crippen molar-refractivity contribution in [2.75, 3.05) is 6.61 Å². The fourth-order valence-corrected chi connectivity index (χ4v) is 4.65. The van der Waals surface area contributed by atoms with Crippen molar-refractivity contribution in [1.29, 1.82) is 0 Å².